The standard InChI is InChI=1S/C19H27N5O4/c1-12(2)16(19(27)24(22-28)14-8-5-4-6-9-14)21-17(25)15-10-7-11-23(15)18(26)13(3)20/h4-6,8-9,12-13,15-16H,7,10-11,20H2,1-3H3,(H,21,25)/t13-,15-,16-/m0/s1. The van der Waals surface area contributed by atoms with Crippen molar-refractivity contribution in [2.75, 3.05) is 11.6 Å². The van der Waals surface area contributed by atoms with Crippen LogP contribution in [0.25, 0.3) is 0 Å². The van der Waals surface area contributed by atoms with Gasteiger partial charge in [-0.1, -0.05) is 32.0 Å². The number of hydrogen-bond acceptors (Lipinski definition) is 6. The summed E-state index contributed by atoms with van der Waals surface area (Å²) < 4.78 is 0. The van der Waals surface area contributed by atoms with E-state index < -0.39 is 29.9 Å². The van der Waals surface area contributed by atoms with Crippen LogP contribution in [-0.2, 0) is 14.4 Å². The van der Waals surface area contributed by atoms with Crippen LogP contribution >= 0.6 is 0 Å². The van der Waals surface area contributed by atoms with E-state index in [1.54, 1.807) is 51.1 Å². The number of hydrogen-bond donors (Lipinski definition) is 2. The van der Waals surface area contributed by atoms with Gasteiger partial charge >= 0.3 is 0 Å². The Kier molecular flexibility index (Phi) is 7.22. The predicted molar refractivity (Wildman–Crippen MR) is 105 cm³/mol. The topological polar surface area (TPSA) is 125 Å². The number of rotatable bonds is 7. The first-order valence-electron chi connectivity index (χ1n) is 9.36. The average Bonchev–Trinajstić information content (AvgIpc) is 3.16. The summed E-state index contributed by atoms with van der Waals surface area (Å²) in [5.41, 5.74) is 5.98. The van der Waals surface area contributed by atoms with Crippen LogP contribution in [0.1, 0.15) is 33.6 Å². The SMILES string of the molecule is CC(C)[C@H](NC(=O)[C@@H]1CCCN1C(=O)[C@H](C)N)C(=O)N(N=O)c1ccccc1. The molecule has 1 aromatic carbocycles. The normalized spacial score (nSPS) is 18.5. The summed E-state index contributed by atoms with van der Waals surface area (Å²) in [6.07, 6.45) is 1.18. The van der Waals surface area contributed by atoms with Crippen molar-refractivity contribution in [1.82, 2.24) is 10.2 Å². The molecule has 0 radical (unpaired) electrons. The number of anilines is 1. The van der Waals surface area contributed by atoms with Gasteiger partial charge in [-0.15, -0.1) is 4.91 Å². The van der Waals surface area contributed by atoms with Crippen molar-refractivity contribution in [3.8, 4) is 0 Å². The van der Waals surface area contributed by atoms with Crippen LogP contribution in [0.4, 0.5) is 5.69 Å². The molecule has 0 bridgehead atoms. The smallest absolute Gasteiger partial charge is 0.272 e. The second-order valence-corrected chi connectivity index (χ2v) is 7.28. The molecule has 9 heteroatoms. The van der Waals surface area contributed by atoms with E-state index in [2.05, 4.69) is 10.6 Å². The Labute approximate surface area is 164 Å². The second kappa shape index (κ2) is 9.41. The van der Waals surface area contributed by atoms with Gasteiger partial charge in [-0.2, -0.15) is 5.01 Å². The molecule has 1 fully saturated rings. The van der Waals surface area contributed by atoms with Crippen molar-refractivity contribution >= 4 is 23.4 Å². The van der Waals surface area contributed by atoms with E-state index in [9.17, 15) is 19.3 Å². The maximum Gasteiger partial charge on any atom is 0.272 e. The van der Waals surface area contributed by atoms with E-state index in [4.69, 9.17) is 5.73 Å². The first-order valence-corrected chi connectivity index (χ1v) is 9.36. The summed E-state index contributed by atoms with van der Waals surface area (Å²) in [6.45, 7) is 5.54. The van der Waals surface area contributed by atoms with Crippen molar-refractivity contribution in [3.05, 3.63) is 35.2 Å². The molecule has 9 nitrogen and oxygen atoms in total. The summed E-state index contributed by atoms with van der Waals surface area (Å²) in [4.78, 5) is 50.7. The van der Waals surface area contributed by atoms with E-state index in [1.165, 1.54) is 4.90 Å². The van der Waals surface area contributed by atoms with Crippen molar-refractivity contribution in [3.63, 3.8) is 0 Å². The van der Waals surface area contributed by atoms with Crippen LogP contribution in [-0.4, -0.2) is 47.3 Å². The molecule has 0 unspecified atom stereocenters. The van der Waals surface area contributed by atoms with Crippen molar-refractivity contribution in [2.45, 2.75) is 51.7 Å². The lowest BCUT2D eigenvalue weighted by Gasteiger charge is -2.29. The molecule has 0 spiro atoms. The fourth-order valence-corrected chi connectivity index (χ4v) is 3.24. The number of carbonyl (C=O) groups excluding carboxylic acids is 3. The van der Waals surface area contributed by atoms with E-state index in [0.29, 0.717) is 25.1 Å². The number of nitrogens with one attached hydrogen (secondary N) is 1. The van der Waals surface area contributed by atoms with Gasteiger partial charge in [0.1, 0.15) is 12.1 Å². The molecule has 1 aliphatic heterocycles. The number of benzene rings is 1. The Morgan fingerprint density at radius 3 is 2.39 bits per heavy atom. The highest BCUT2D eigenvalue weighted by Crippen LogP contribution is 2.21. The average molecular weight is 389 g/mol. The maximum absolute atomic E-state index is 12.9. The third-order valence-corrected chi connectivity index (χ3v) is 4.75. The third kappa shape index (κ3) is 4.72. The van der Waals surface area contributed by atoms with Crippen molar-refractivity contribution < 1.29 is 14.4 Å². The highest BCUT2D eigenvalue weighted by Gasteiger charge is 2.38. The van der Waals surface area contributed by atoms with Gasteiger partial charge in [-0.25, -0.2) is 0 Å². The number of nitroso groups, excluding NO2 is 1. The summed E-state index contributed by atoms with van der Waals surface area (Å²) in [6, 6.07) is 5.93. The van der Waals surface area contributed by atoms with Gasteiger partial charge in [-0.3, -0.25) is 14.4 Å². The number of amides is 3. The molecule has 1 saturated heterocycles. The number of nitrogens with zero attached hydrogens (tertiary/aromatic N) is 3. The second-order valence-electron chi connectivity index (χ2n) is 7.28. The molecular weight excluding hydrogens is 362 g/mol. The quantitative estimate of drug-likeness (QED) is 0.535. The highest BCUT2D eigenvalue weighted by atomic mass is 16.3. The molecule has 0 saturated carbocycles. The summed E-state index contributed by atoms with van der Waals surface area (Å²) in [5.74, 6) is -1.65. The molecule has 0 aromatic heterocycles. The van der Waals surface area contributed by atoms with Crippen molar-refractivity contribution in [1.29, 1.82) is 0 Å². The van der Waals surface area contributed by atoms with Gasteiger partial charge in [0.05, 0.1) is 17.0 Å². The summed E-state index contributed by atoms with van der Waals surface area (Å²) in [7, 11) is 0. The van der Waals surface area contributed by atoms with Crippen LogP contribution in [0.5, 0.6) is 0 Å². The van der Waals surface area contributed by atoms with Crippen LogP contribution in [0.3, 0.4) is 0 Å². The minimum atomic E-state index is -0.960. The lowest BCUT2D eigenvalue weighted by molar-refractivity contribution is -0.140. The van der Waals surface area contributed by atoms with Gasteiger partial charge in [-0.05, 0) is 37.8 Å². The molecule has 3 amide bonds. The van der Waals surface area contributed by atoms with E-state index >= 15 is 0 Å². The minimum absolute atomic E-state index is 0.289. The number of para-hydroxylation sites is 1. The minimum Gasteiger partial charge on any atom is -0.342 e. The van der Waals surface area contributed by atoms with Crippen LogP contribution < -0.4 is 16.1 Å². The zero-order chi connectivity index (χ0) is 20.8. The number of likely N-dealkylation sites (tertiary alicyclic amines) is 1. The molecule has 1 aliphatic rings. The molecule has 2 rings (SSSR count). The van der Waals surface area contributed by atoms with Gasteiger partial charge in [0.15, 0.2) is 0 Å². The van der Waals surface area contributed by atoms with Gasteiger partial charge in [0.25, 0.3) is 5.91 Å². The van der Waals surface area contributed by atoms with Gasteiger partial charge in [0, 0.05) is 6.54 Å². The van der Waals surface area contributed by atoms with E-state index in [0.717, 1.165) is 5.01 Å². The summed E-state index contributed by atoms with van der Waals surface area (Å²) >= 11 is 0. The molecule has 0 aliphatic carbocycles. The molecule has 3 N–H and O–H groups in total. The molecular formula is C19H27N5O4. The van der Waals surface area contributed by atoms with E-state index in [-0.39, 0.29) is 11.8 Å². The van der Waals surface area contributed by atoms with E-state index in [1.807, 2.05) is 0 Å². The monoisotopic (exact) mass is 389 g/mol. The first kappa shape index (κ1) is 21.5. The lowest BCUT2D eigenvalue weighted by Crippen LogP contribution is -2.56. The Morgan fingerprint density at radius 1 is 1.21 bits per heavy atom. The Morgan fingerprint density at radius 2 is 1.86 bits per heavy atom. The summed E-state index contributed by atoms with van der Waals surface area (Å²) in [5, 5.41) is 6.28. The fraction of sp³-hybridized carbons (Fsp3) is 0.526. The number of nitrogens with two attached hydrogens (primary N) is 1. The largest absolute Gasteiger partial charge is 0.342 e. The van der Waals surface area contributed by atoms with Crippen LogP contribution in [0.15, 0.2) is 35.6 Å². The molecule has 28 heavy (non-hydrogen) atoms. The third-order valence-electron chi connectivity index (χ3n) is 4.75. The van der Waals surface area contributed by atoms with Crippen LogP contribution in [0, 0.1) is 10.8 Å². The molecule has 1 heterocycles. The maximum atomic E-state index is 12.9. The zero-order valence-corrected chi connectivity index (χ0v) is 16.4. The highest BCUT2D eigenvalue weighted by molar-refractivity contribution is 6.00. The Balaban J connectivity index is 2.17. The molecule has 152 valence electrons. The molecule has 3 atom stereocenters. The Hall–Kier alpha value is -2.81. The first-order chi connectivity index (χ1) is 13.3. The van der Waals surface area contributed by atoms with Gasteiger partial charge < -0.3 is 16.0 Å². The molecule has 1 aromatic rings. The lowest BCUT2D eigenvalue weighted by atomic mass is 10.0. The number of carbonyl (C=O) groups is 3. The zero-order valence-electron chi connectivity index (χ0n) is 16.4. The predicted octanol–water partition coefficient (Wildman–Crippen LogP) is 1.18. The Bertz CT molecular complexity index is 722. The fourth-order valence-electron chi connectivity index (χ4n) is 3.24. The van der Waals surface area contributed by atoms with Crippen LogP contribution in [0.2, 0.25) is 0 Å². The van der Waals surface area contributed by atoms with Crippen molar-refractivity contribution in [2.24, 2.45) is 16.9 Å². The van der Waals surface area contributed by atoms with Gasteiger partial charge in [0.2, 0.25) is 11.8 Å².